The Hall–Kier alpha value is -3.01. The van der Waals surface area contributed by atoms with Gasteiger partial charge in [-0.2, -0.15) is 10.4 Å². The van der Waals surface area contributed by atoms with E-state index in [1.807, 2.05) is 6.07 Å². The monoisotopic (exact) mass is 258 g/mol. The summed E-state index contributed by atoms with van der Waals surface area (Å²) < 4.78 is 1.35. The van der Waals surface area contributed by atoms with E-state index in [0.29, 0.717) is 0 Å². The van der Waals surface area contributed by atoms with Crippen LogP contribution in [0.25, 0.3) is 0 Å². The third-order valence-corrected chi connectivity index (χ3v) is 2.46. The molecule has 3 N–H and O–H groups in total. The predicted octanol–water partition coefficient (Wildman–Crippen LogP) is 0.955. The smallest absolute Gasteiger partial charge is 0.257 e. The normalized spacial score (nSPS) is 9.89. The number of phenolic OH excluding ortho intramolecular Hbond substituents is 2. The number of aromatic nitrogens is 2. The van der Waals surface area contributed by atoms with Gasteiger partial charge >= 0.3 is 0 Å². The van der Waals surface area contributed by atoms with Crippen molar-refractivity contribution in [2.45, 2.75) is 0 Å². The van der Waals surface area contributed by atoms with Crippen molar-refractivity contribution in [3.05, 3.63) is 35.5 Å². The molecule has 0 aliphatic rings. The summed E-state index contributed by atoms with van der Waals surface area (Å²) in [7, 11) is 1.58. The summed E-state index contributed by atoms with van der Waals surface area (Å²) in [5.41, 5.74) is 0.294. The second-order valence-electron chi connectivity index (χ2n) is 3.83. The highest BCUT2D eigenvalue weighted by atomic mass is 16.3. The first-order valence-electron chi connectivity index (χ1n) is 5.27. The zero-order chi connectivity index (χ0) is 14.0. The predicted molar refractivity (Wildman–Crippen MR) is 65.6 cm³/mol. The van der Waals surface area contributed by atoms with Crippen LogP contribution in [-0.4, -0.2) is 25.9 Å². The number of nitrogens with one attached hydrogen (secondary N) is 1. The number of hydrogen-bond donors (Lipinski definition) is 3. The first kappa shape index (κ1) is 12.4. The lowest BCUT2D eigenvalue weighted by atomic mass is 10.2. The van der Waals surface area contributed by atoms with Crippen molar-refractivity contribution in [1.29, 1.82) is 5.26 Å². The number of nitriles is 1. The maximum atomic E-state index is 12.0. The van der Waals surface area contributed by atoms with E-state index < -0.39 is 5.91 Å². The molecule has 0 saturated heterocycles. The summed E-state index contributed by atoms with van der Waals surface area (Å²) >= 11 is 0. The molecule has 2 aromatic rings. The van der Waals surface area contributed by atoms with Gasteiger partial charge in [-0.25, -0.2) is 0 Å². The zero-order valence-corrected chi connectivity index (χ0v) is 9.95. The fraction of sp³-hybridized carbons (Fsp3) is 0.0833. The number of nitrogens with zero attached hydrogens (tertiary/aromatic N) is 3. The van der Waals surface area contributed by atoms with Gasteiger partial charge in [0.2, 0.25) is 0 Å². The Morgan fingerprint density at radius 1 is 1.37 bits per heavy atom. The number of hydrogen-bond acceptors (Lipinski definition) is 5. The topological polar surface area (TPSA) is 111 Å². The molecular weight excluding hydrogens is 248 g/mol. The van der Waals surface area contributed by atoms with Crippen LogP contribution >= 0.6 is 0 Å². The van der Waals surface area contributed by atoms with Crippen LogP contribution in [0.2, 0.25) is 0 Å². The molecule has 1 aromatic carbocycles. The number of rotatable bonds is 2. The van der Waals surface area contributed by atoms with Crippen molar-refractivity contribution in [2.24, 2.45) is 7.05 Å². The van der Waals surface area contributed by atoms with Gasteiger partial charge in [0.05, 0.1) is 6.20 Å². The summed E-state index contributed by atoms with van der Waals surface area (Å²) in [5.74, 6) is -0.770. The highest BCUT2D eigenvalue weighted by Crippen LogP contribution is 2.21. The Morgan fingerprint density at radius 3 is 2.58 bits per heavy atom. The SMILES string of the molecule is Cn1ncc(C#N)c1NC(=O)c1cc(O)cc(O)c1. The van der Waals surface area contributed by atoms with Crippen LogP contribution in [0, 0.1) is 11.3 Å². The number of amides is 1. The molecule has 2 rings (SSSR count). The second-order valence-corrected chi connectivity index (χ2v) is 3.83. The average Bonchev–Trinajstić information content (AvgIpc) is 2.69. The van der Waals surface area contributed by atoms with Gasteiger partial charge in [-0.05, 0) is 12.1 Å². The minimum atomic E-state index is -0.564. The van der Waals surface area contributed by atoms with Crippen molar-refractivity contribution >= 4 is 11.7 Å². The maximum Gasteiger partial charge on any atom is 0.257 e. The Balaban J connectivity index is 2.31. The summed E-state index contributed by atoms with van der Waals surface area (Å²) in [6.07, 6.45) is 1.33. The van der Waals surface area contributed by atoms with Gasteiger partial charge in [-0.1, -0.05) is 0 Å². The van der Waals surface area contributed by atoms with Crippen LogP contribution in [0.5, 0.6) is 11.5 Å². The van der Waals surface area contributed by atoms with Gasteiger partial charge in [0, 0.05) is 18.7 Å². The third kappa shape index (κ3) is 2.47. The van der Waals surface area contributed by atoms with Crippen molar-refractivity contribution in [2.75, 3.05) is 5.32 Å². The molecule has 0 fully saturated rings. The lowest BCUT2D eigenvalue weighted by molar-refractivity contribution is 0.102. The van der Waals surface area contributed by atoms with E-state index in [1.165, 1.54) is 23.0 Å². The van der Waals surface area contributed by atoms with Crippen molar-refractivity contribution in [3.63, 3.8) is 0 Å². The molecule has 96 valence electrons. The summed E-state index contributed by atoms with van der Waals surface area (Å²) in [5, 5.41) is 33.8. The quantitative estimate of drug-likeness (QED) is 0.742. The Kier molecular flexibility index (Phi) is 3.08. The van der Waals surface area contributed by atoms with Gasteiger partial charge in [-0.15, -0.1) is 0 Å². The molecule has 7 nitrogen and oxygen atoms in total. The van der Waals surface area contributed by atoms with Gasteiger partial charge in [0.1, 0.15) is 28.9 Å². The minimum absolute atomic E-state index is 0.0718. The van der Waals surface area contributed by atoms with Crippen LogP contribution in [-0.2, 0) is 7.05 Å². The molecule has 19 heavy (non-hydrogen) atoms. The van der Waals surface area contributed by atoms with Crippen LogP contribution in [0.4, 0.5) is 5.82 Å². The maximum absolute atomic E-state index is 12.0. The van der Waals surface area contributed by atoms with E-state index in [0.717, 1.165) is 6.07 Å². The van der Waals surface area contributed by atoms with Crippen LogP contribution in [0.1, 0.15) is 15.9 Å². The first-order chi connectivity index (χ1) is 9.01. The summed E-state index contributed by atoms with van der Waals surface area (Å²) in [6.45, 7) is 0. The van der Waals surface area contributed by atoms with Gasteiger partial charge in [-0.3, -0.25) is 9.48 Å². The molecule has 0 atom stereocenters. The highest BCUT2D eigenvalue weighted by Gasteiger charge is 2.14. The number of aromatic hydroxyl groups is 2. The molecule has 0 radical (unpaired) electrons. The average molecular weight is 258 g/mol. The fourth-order valence-corrected chi connectivity index (χ4v) is 1.57. The number of phenols is 2. The molecule has 0 spiro atoms. The zero-order valence-electron chi connectivity index (χ0n) is 9.95. The fourth-order valence-electron chi connectivity index (χ4n) is 1.57. The largest absolute Gasteiger partial charge is 0.508 e. The number of carbonyl (C=O) groups is 1. The van der Waals surface area contributed by atoms with Gasteiger partial charge in [0.25, 0.3) is 5.91 Å². The Labute approximate surface area is 108 Å². The highest BCUT2D eigenvalue weighted by molar-refractivity contribution is 6.04. The molecule has 1 aromatic heterocycles. The van der Waals surface area contributed by atoms with Crippen molar-refractivity contribution in [1.82, 2.24) is 9.78 Å². The van der Waals surface area contributed by atoms with E-state index >= 15 is 0 Å². The van der Waals surface area contributed by atoms with Crippen LogP contribution in [0.3, 0.4) is 0 Å². The molecule has 0 aliphatic heterocycles. The summed E-state index contributed by atoms with van der Waals surface area (Å²) in [6, 6.07) is 5.42. The number of carbonyl (C=O) groups excluding carboxylic acids is 1. The van der Waals surface area contributed by atoms with Crippen LogP contribution < -0.4 is 5.32 Å². The molecule has 0 bridgehead atoms. The molecule has 0 saturated carbocycles. The molecule has 0 aliphatic carbocycles. The molecule has 1 heterocycles. The first-order valence-corrected chi connectivity index (χ1v) is 5.27. The third-order valence-electron chi connectivity index (χ3n) is 2.46. The number of aryl methyl sites for hydroxylation is 1. The minimum Gasteiger partial charge on any atom is -0.508 e. The Bertz CT molecular complexity index is 665. The number of benzene rings is 1. The lowest BCUT2D eigenvalue weighted by Crippen LogP contribution is -2.15. The lowest BCUT2D eigenvalue weighted by Gasteiger charge is -2.06. The van der Waals surface area contributed by atoms with E-state index in [1.54, 1.807) is 7.05 Å². The molecular formula is C12H10N4O3. The standard InChI is InChI=1S/C12H10N4O3/c1-16-11(8(5-13)6-14-16)15-12(19)7-2-9(17)4-10(18)3-7/h2-4,6,17-18H,1H3,(H,15,19). The van der Waals surface area contributed by atoms with Crippen LogP contribution in [0.15, 0.2) is 24.4 Å². The van der Waals surface area contributed by atoms with E-state index in [4.69, 9.17) is 5.26 Å². The molecule has 0 unspecified atom stereocenters. The van der Waals surface area contributed by atoms with E-state index in [9.17, 15) is 15.0 Å². The van der Waals surface area contributed by atoms with Gasteiger partial charge in [0.15, 0.2) is 0 Å². The number of anilines is 1. The Morgan fingerprint density at radius 2 is 2.00 bits per heavy atom. The van der Waals surface area contributed by atoms with E-state index in [2.05, 4.69) is 10.4 Å². The van der Waals surface area contributed by atoms with Gasteiger partial charge < -0.3 is 15.5 Å². The molecule has 1 amide bonds. The van der Waals surface area contributed by atoms with E-state index in [-0.39, 0.29) is 28.4 Å². The van der Waals surface area contributed by atoms with Crippen molar-refractivity contribution in [3.8, 4) is 17.6 Å². The molecule has 7 heteroatoms. The van der Waals surface area contributed by atoms with Crippen molar-refractivity contribution < 1.29 is 15.0 Å². The second kappa shape index (κ2) is 4.70. The summed E-state index contributed by atoms with van der Waals surface area (Å²) in [4.78, 5) is 12.0.